The fraction of sp³-hybridized carbons (Fsp3) is 0.200. The second kappa shape index (κ2) is 10.2. The number of hydrogen-bond donors (Lipinski definition) is 1. The molecule has 0 aliphatic heterocycles. The number of rotatable bonds is 10. The maximum Gasteiger partial charge on any atom is 0.344 e. The average Bonchev–Trinajstić information content (AvgIpc) is 3.21. The summed E-state index contributed by atoms with van der Waals surface area (Å²) in [6.07, 6.45) is 6.08. The van der Waals surface area contributed by atoms with Crippen molar-refractivity contribution in [2.24, 2.45) is 0 Å². The molecular formula is C20H19N3O6S2. The summed E-state index contributed by atoms with van der Waals surface area (Å²) in [6, 6.07) is 9.76. The molecule has 0 spiro atoms. The van der Waals surface area contributed by atoms with Gasteiger partial charge in [0.1, 0.15) is 11.3 Å². The van der Waals surface area contributed by atoms with E-state index in [0.29, 0.717) is 17.0 Å². The Kier molecular flexibility index (Phi) is 7.45. The predicted octanol–water partition coefficient (Wildman–Crippen LogP) is 2.46. The maximum atomic E-state index is 12.5. The van der Waals surface area contributed by atoms with Crippen molar-refractivity contribution >= 4 is 33.1 Å². The van der Waals surface area contributed by atoms with Crippen LogP contribution in [0.25, 0.3) is 0 Å². The van der Waals surface area contributed by atoms with Crippen molar-refractivity contribution in [3.63, 3.8) is 0 Å². The molecule has 0 aromatic carbocycles. The number of nitrogens with one attached hydrogen (secondary N) is 1. The molecule has 3 rings (SSSR count). The Bertz CT molecular complexity index is 1160. The van der Waals surface area contributed by atoms with Crippen LogP contribution in [0.1, 0.15) is 24.9 Å². The van der Waals surface area contributed by atoms with Gasteiger partial charge in [-0.3, -0.25) is 9.78 Å². The molecule has 0 aliphatic rings. The number of ether oxygens (including phenoxy) is 2. The molecule has 0 aliphatic carbocycles. The first-order valence-corrected chi connectivity index (χ1v) is 11.8. The molecule has 0 radical (unpaired) electrons. The lowest BCUT2D eigenvalue weighted by Gasteiger charge is -2.09. The highest BCUT2D eigenvalue weighted by atomic mass is 32.2. The molecule has 0 saturated carbocycles. The largest absolute Gasteiger partial charge is 0.454 e. The molecule has 0 saturated heterocycles. The van der Waals surface area contributed by atoms with Crippen LogP contribution < -0.4 is 9.46 Å². The first-order valence-electron chi connectivity index (χ1n) is 9.08. The van der Waals surface area contributed by atoms with E-state index in [-0.39, 0.29) is 23.8 Å². The van der Waals surface area contributed by atoms with E-state index in [2.05, 4.69) is 14.7 Å². The maximum absolute atomic E-state index is 12.5. The second-order valence-corrected chi connectivity index (χ2v) is 9.33. The standard InChI is InChI=1S/C20H19N3O6S2/c1-31(26,27)23-11-8-15-6-7-18(30-15)17(24)13-28-20(25)16-5-3-10-22-19(16)29-14-4-2-9-21-12-14/h2-7,9-10,12,23H,8,11,13H2,1H3. The lowest BCUT2D eigenvalue weighted by Crippen LogP contribution is -2.24. The first-order chi connectivity index (χ1) is 14.8. The Labute approximate surface area is 183 Å². The van der Waals surface area contributed by atoms with Gasteiger partial charge in [0.15, 0.2) is 6.61 Å². The average molecular weight is 462 g/mol. The van der Waals surface area contributed by atoms with Gasteiger partial charge in [0.25, 0.3) is 0 Å². The van der Waals surface area contributed by atoms with Crippen molar-refractivity contribution in [1.29, 1.82) is 0 Å². The summed E-state index contributed by atoms with van der Waals surface area (Å²) in [6.45, 7) is -0.204. The van der Waals surface area contributed by atoms with E-state index in [1.165, 1.54) is 29.8 Å². The minimum absolute atomic E-state index is 0.0461. The molecule has 3 aromatic heterocycles. The number of aromatic nitrogens is 2. The van der Waals surface area contributed by atoms with Crippen LogP contribution in [-0.4, -0.2) is 49.5 Å². The van der Waals surface area contributed by atoms with Crippen LogP contribution in [0.15, 0.2) is 55.0 Å². The molecule has 3 heterocycles. The van der Waals surface area contributed by atoms with E-state index in [1.807, 2.05) is 0 Å². The summed E-state index contributed by atoms with van der Waals surface area (Å²) in [5, 5.41) is 0. The molecule has 0 unspecified atom stereocenters. The van der Waals surface area contributed by atoms with Gasteiger partial charge < -0.3 is 9.47 Å². The zero-order chi connectivity index (χ0) is 22.3. The molecule has 0 bridgehead atoms. The quantitative estimate of drug-likeness (QED) is 0.361. The lowest BCUT2D eigenvalue weighted by atomic mass is 10.2. The molecule has 1 N–H and O–H groups in total. The number of hydrogen-bond acceptors (Lipinski definition) is 9. The molecule has 0 atom stereocenters. The van der Waals surface area contributed by atoms with Crippen LogP contribution in [0.5, 0.6) is 11.6 Å². The van der Waals surface area contributed by atoms with E-state index in [4.69, 9.17) is 9.47 Å². The number of carbonyl (C=O) groups is 2. The number of carbonyl (C=O) groups excluding carboxylic acids is 2. The van der Waals surface area contributed by atoms with Crippen molar-refractivity contribution in [1.82, 2.24) is 14.7 Å². The third-order valence-electron chi connectivity index (χ3n) is 3.85. The Balaban J connectivity index is 1.57. The Hall–Kier alpha value is -3.15. The van der Waals surface area contributed by atoms with Gasteiger partial charge in [-0.15, -0.1) is 11.3 Å². The van der Waals surface area contributed by atoms with Crippen LogP contribution in [-0.2, 0) is 21.2 Å². The highest BCUT2D eigenvalue weighted by molar-refractivity contribution is 7.88. The van der Waals surface area contributed by atoms with Crippen LogP contribution in [0, 0.1) is 0 Å². The van der Waals surface area contributed by atoms with Crippen LogP contribution >= 0.6 is 11.3 Å². The van der Waals surface area contributed by atoms with Gasteiger partial charge in [-0.2, -0.15) is 0 Å². The van der Waals surface area contributed by atoms with E-state index in [9.17, 15) is 18.0 Å². The minimum atomic E-state index is -3.26. The normalized spacial score (nSPS) is 11.1. The molecule has 31 heavy (non-hydrogen) atoms. The van der Waals surface area contributed by atoms with Crippen molar-refractivity contribution in [2.75, 3.05) is 19.4 Å². The third kappa shape index (κ3) is 6.95. The molecule has 9 nitrogen and oxygen atoms in total. The predicted molar refractivity (Wildman–Crippen MR) is 114 cm³/mol. The Morgan fingerprint density at radius 3 is 2.68 bits per heavy atom. The summed E-state index contributed by atoms with van der Waals surface area (Å²) < 4.78 is 35.3. The van der Waals surface area contributed by atoms with E-state index in [0.717, 1.165) is 11.1 Å². The number of ketones is 1. The second-order valence-electron chi connectivity index (χ2n) is 6.33. The molecule has 3 aromatic rings. The lowest BCUT2D eigenvalue weighted by molar-refractivity contribution is 0.0472. The SMILES string of the molecule is CS(=O)(=O)NCCc1ccc(C(=O)COC(=O)c2cccnc2Oc2cccnc2)s1. The van der Waals surface area contributed by atoms with Crippen LogP contribution in [0.4, 0.5) is 0 Å². The number of sulfonamides is 1. The molecule has 11 heteroatoms. The van der Waals surface area contributed by atoms with Crippen molar-refractivity contribution < 1.29 is 27.5 Å². The minimum Gasteiger partial charge on any atom is -0.454 e. The van der Waals surface area contributed by atoms with E-state index in [1.54, 1.807) is 36.5 Å². The van der Waals surface area contributed by atoms with Gasteiger partial charge in [0, 0.05) is 23.8 Å². The number of pyridine rings is 2. The summed E-state index contributed by atoms with van der Waals surface area (Å²) in [5.74, 6) is -0.652. The molecular weight excluding hydrogens is 442 g/mol. The first kappa shape index (κ1) is 22.5. The zero-order valence-electron chi connectivity index (χ0n) is 16.5. The van der Waals surface area contributed by atoms with Crippen molar-refractivity contribution in [3.8, 4) is 11.6 Å². The van der Waals surface area contributed by atoms with Gasteiger partial charge in [0.05, 0.1) is 17.3 Å². The van der Waals surface area contributed by atoms with Crippen LogP contribution in [0.2, 0.25) is 0 Å². The van der Waals surface area contributed by atoms with Gasteiger partial charge >= 0.3 is 5.97 Å². The Morgan fingerprint density at radius 1 is 1.13 bits per heavy atom. The number of esters is 1. The summed E-state index contributed by atoms with van der Waals surface area (Å²) >= 11 is 1.22. The van der Waals surface area contributed by atoms with Crippen molar-refractivity contribution in [2.45, 2.75) is 6.42 Å². The summed E-state index contributed by atoms with van der Waals surface area (Å²) in [5.41, 5.74) is 0.0814. The van der Waals surface area contributed by atoms with Crippen molar-refractivity contribution in [3.05, 3.63) is 70.3 Å². The van der Waals surface area contributed by atoms with Gasteiger partial charge in [-0.1, -0.05) is 0 Å². The van der Waals surface area contributed by atoms with E-state index >= 15 is 0 Å². The van der Waals surface area contributed by atoms with Gasteiger partial charge in [-0.25, -0.2) is 22.9 Å². The number of nitrogens with zero attached hydrogens (tertiary/aromatic N) is 2. The van der Waals surface area contributed by atoms with E-state index < -0.39 is 22.6 Å². The smallest absolute Gasteiger partial charge is 0.344 e. The Morgan fingerprint density at radius 2 is 1.94 bits per heavy atom. The molecule has 0 fully saturated rings. The van der Waals surface area contributed by atoms with Crippen LogP contribution in [0.3, 0.4) is 0 Å². The fourth-order valence-corrected chi connectivity index (χ4v) is 3.85. The zero-order valence-corrected chi connectivity index (χ0v) is 18.1. The summed E-state index contributed by atoms with van der Waals surface area (Å²) in [4.78, 5) is 34.1. The topological polar surface area (TPSA) is 125 Å². The molecule has 162 valence electrons. The number of Topliss-reactive ketones (excluding diaryl/α,β-unsaturated/α-hetero) is 1. The highest BCUT2D eigenvalue weighted by Crippen LogP contribution is 2.23. The highest BCUT2D eigenvalue weighted by Gasteiger charge is 2.18. The summed E-state index contributed by atoms with van der Waals surface area (Å²) in [7, 11) is -3.26. The number of thiophene rings is 1. The monoisotopic (exact) mass is 461 g/mol. The third-order valence-corrected chi connectivity index (χ3v) is 5.76. The van der Waals surface area contributed by atoms with Gasteiger partial charge in [-0.05, 0) is 42.8 Å². The molecule has 0 amide bonds. The fourth-order valence-electron chi connectivity index (χ4n) is 2.45. The van der Waals surface area contributed by atoms with Gasteiger partial charge in [0.2, 0.25) is 21.7 Å².